The topological polar surface area (TPSA) is 84.2 Å². The Balaban J connectivity index is 1.87. The number of nitrogens with one attached hydrogen (secondary N) is 2. The zero-order chi connectivity index (χ0) is 20.2. The molecule has 1 aromatic heterocycles. The van der Waals surface area contributed by atoms with E-state index in [1.54, 1.807) is 19.9 Å². The number of halogens is 4. The van der Waals surface area contributed by atoms with Crippen molar-refractivity contribution in [1.82, 2.24) is 5.16 Å². The molecule has 2 amide bonds. The van der Waals surface area contributed by atoms with E-state index in [0.717, 1.165) is 17.8 Å². The van der Waals surface area contributed by atoms with Crippen molar-refractivity contribution in [2.75, 3.05) is 16.4 Å². The average molecular weight is 466 g/mol. The molecule has 0 bridgehead atoms. The second-order valence-electron chi connectivity index (χ2n) is 5.51. The van der Waals surface area contributed by atoms with E-state index in [4.69, 9.17) is 4.52 Å². The van der Waals surface area contributed by atoms with Crippen molar-refractivity contribution in [2.24, 2.45) is 0 Å². The quantitative estimate of drug-likeness (QED) is 0.657. The number of hydrogen-bond acceptors (Lipinski definition) is 5. The number of rotatable bonds is 6. The van der Waals surface area contributed by atoms with Crippen LogP contribution in [0.25, 0.3) is 0 Å². The summed E-state index contributed by atoms with van der Waals surface area (Å²) in [5.74, 6) is -0.192. The Bertz CT molecular complexity index is 842. The fraction of sp³-hybridized carbons (Fsp3) is 0.312. The number of aromatic nitrogens is 1. The first-order chi connectivity index (χ1) is 12.6. The van der Waals surface area contributed by atoms with Gasteiger partial charge in [0.2, 0.25) is 11.8 Å². The van der Waals surface area contributed by atoms with Crippen molar-refractivity contribution in [1.29, 1.82) is 0 Å². The summed E-state index contributed by atoms with van der Waals surface area (Å²) in [5, 5.41) is 7.98. The molecule has 2 rings (SSSR count). The number of thioether (sulfide) groups is 1. The summed E-state index contributed by atoms with van der Waals surface area (Å²) in [5.41, 5.74) is -0.866. The predicted molar refractivity (Wildman–Crippen MR) is 99.6 cm³/mol. The maximum Gasteiger partial charge on any atom is 0.417 e. The van der Waals surface area contributed by atoms with Gasteiger partial charge in [0.25, 0.3) is 0 Å². The van der Waals surface area contributed by atoms with Crippen LogP contribution in [0.2, 0.25) is 0 Å². The summed E-state index contributed by atoms with van der Waals surface area (Å²) < 4.78 is 43.4. The van der Waals surface area contributed by atoms with Crippen LogP contribution in [0, 0.1) is 6.92 Å². The molecule has 1 heterocycles. The van der Waals surface area contributed by atoms with Crippen LogP contribution >= 0.6 is 27.7 Å². The molecule has 0 aliphatic heterocycles. The molecular formula is C16H15BrF3N3O3S. The number of carbonyl (C=O) groups is 2. The number of anilines is 2. The van der Waals surface area contributed by atoms with Crippen molar-refractivity contribution in [3.63, 3.8) is 0 Å². The maximum atomic E-state index is 12.9. The van der Waals surface area contributed by atoms with Crippen molar-refractivity contribution in [3.05, 3.63) is 40.1 Å². The van der Waals surface area contributed by atoms with Crippen molar-refractivity contribution in [3.8, 4) is 0 Å². The first-order valence-corrected chi connectivity index (χ1v) is 9.43. The highest BCUT2D eigenvalue weighted by Gasteiger charge is 2.33. The molecule has 146 valence electrons. The molecule has 0 aliphatic rings. The van der Waals surface area contributed by atoms with E-state index in [2.05, 4.69) is 31.7 Å². The summed E-state index contributed by atoms with van der Waals surface area (Å²) in [6, 6.07) is 4.95. The molecule has 0 fully saturated rings. The van der Waals surface area contributed by atoms with Crippen LogP contribution in [0.5, 0.6) is 0 Å². The monoisotopic (exact) mass is 465 g/mol. The molecule has 1 atom stereocenters. The van der Waals surface area contributed by atoms with Crippen LogP contribution in [-0.4, -0.2) is 28.0 Å². The summed E-state index contributed by atoms with van der Waals surface area (Å²) in [7, 11) is 0. The molecule has 0 aliphatic carbocycles. The van der Waals surface area contributed by atoms with Crippen molar-refractivity contribution < 1.29 is 27.3 Å². The largest absolute Gasteiger partial charge is 0.417 e. The van der Waals surface area contributed by atoms with E-state index >= 15 is 0 Å². The Kier molecular flexibility index (Phi) is 6.93. The maximum absolute atomic E-state index is 12.9. The van der Waals surface area contributed by atoms with Crippen LogP contribution in [0.15, 0.2) is 33.3 Å². The lowest BCUT2D eigenvalue weighted by Crippen LogP contribution is -2.25. The van der Waals surface area contributed by atoms with Gasteiger partial charge in [0.15, 0.2) is 5.82 Å². The molecular weight excluding hydrogens is 451 g/mol. The Labute approximate surface area is 165 Å². The fourth-order valence-corrected chi connectivity index (χ4v) is 3.10. The van der Waals surface area contributed by atoms with Gasteiger partial charge >= 0.3 is 6.18 Å². The number of hydrogen-bond donors (Lipinski definition) is 2. The van der Waals surface area contributed by atoms with E-state index in [-0.39, 0.29) is 27.6 Å². The van der Waals surface area contributed by atoms with Crippen LogP contribution < -0.4 is 10.6 Å². The summed E-state index contributed by atoms with van der Waals surface area (Å²) in [6.45, 7) is 3.28. The molecule has 0 unspecified atom stereocenters. The molecule has 27 heavy (non-hydrogen) atoms. The first-order valence-electron chi connectivity index (χ1n) is 7.58. The third kappa shape index (κ3) is 6.28. The van der Waals surface area contributed by atoms with E-state index < -0.39 is 22.9 Å². The second-order valence-corrected chi connectivity index (χ2v) is 7.69. The minimum absolute atomic E-state index is 0.0197. The van der Waals surface area contributed by atoms with Gasteiger partial charge in [-0.1, -0.05) is 21.1 Å². The van der Waals surface area contributed by atoms with Crippen molar-refractivity contribution in [2.45, 2.75) is 25.3 Å². The van der Waals surface area contributed by atoms with Crippen LogP contribution in [-0.2, 0) is 15.8 Å². The Morgan fingerprint density at radius 1 is 1.30 bits per heavy atom. The van der Waals surface area contributed by atoms with E-state index in [0.29, 0.717) is 5.76 Å². The highest BCUT2D eigenvalue weighted by molar-refractivity contribution is 9.10. The van der Waals surface area contributed by atoms with E-state index in [9.17, 15) is 22.8 Å². The number of alkyl halides is 3. The van der Waals surface area contributed by atoms with Gasteiger partial charge in [-0.15, -0.1) is 11.8 Å². The van der Waals surface area contributed by atoms with E-state index in [1.165, 1.54) is 12.1 Å². The van der Waals surface area contributed by atoms with Gasteiger partial charge < -0.3 is 15.2 Å². The Hall–Kier alpha value is -2.01. The van der Waals surface area contributed by atoms with Gasteiger partial charge in [-0.3, -0.25) is 9.59 Å². The highest BCUT2D eigenvalue weighted by atomic mass is 79.9. The highest BCUT2D eigenvalue weighted by Crippen LogP contribution is 2.36. The lowest BCUT2D eigenvalue weighted by atomic mass is 10.2. The number of carbonyl (C=O) groups excluding carboxylic acids is 2. The number of nitrogens with zero attached hydrogens (tertiary/aromatic N) is 1. The minimum Gasteiger partial charge on any atom is -0.360 e. The van der Waals surface area contributed by atoms with Crippen LogP contribution in [0.1, 0.15) is 18.2 Å². The van der Waals surface area contributed by atoms with Gasteiger partial charge in [-0.2, -0.15) is 13.2 Å². The Morgan fingerprint density at radius 2 is 2.00 bits per heavy atom. The van der Waals surface area contributed by atoms with Gasteiger partial charge in [0.05, 0.1) is 16.6 Å². The standard InChI is InChI=1S/C16H15BrF3N3O3S/c1-8-5-13(23-26-8)22-15(25)9(2)27-7-14(24)21-10-3-4-12(17)11(6-10)16(18,19)20/h3-6,9H,7H2,1-2H3,(H,21,24)(H,22,23,25)/t9-/m0/s1. The average Bonchev–Trinajstić information content (AvgIpc) is 2.98. The zero-order valence-corrected chi connectivity index (χ0v) is 16.6. The molecule has 0 saturated heterocycles. The third-order valence-electron chi connectivity index (χ3n) is 3.27. The molecule has 0 radical (unpaired) electrons. The molecule has 11 heteroatoms. The normalized spacial score (nSPS) is 12.5. The van der Waals surface area contributed by atoms with Gasteiger partial charge in [-0.25, -0.2) is 0 Å². The zero-order valence-electron chi connectivity index (χ0n) is 14.2. The lowest BCUT2D eigenvalue weighted by molar-refractivity contribution is -0.138. The third-order valence-corrected chi connectivity index (χ3v) is 5.10. The second kappa shape index (κ2) is 8.79. The number of benzene rings is 1. The molecule has 1 aromatic carbocycles. The summed E-state index contributed by atoms with van der Waals surface area (Å²) >= 11 is 3.87. The van der Waals surface area contributed by atoms with Gasteiger partial charge in [0.1, 0.15) is 5.76 Å². The molecule has 2 aromatic rings. The number of amides is 2. The first kappa shape index (κ1) is 21.3. The lowest BCUT2D eigenvalue weighted by Gasteiger charge is -2.13. The Morgan fingerprint density at radius 3 is 2.59 bits per heavy atom. The van der Waals surface area contributed by atoms with Gasteiger partial charge in [-0.05, 0) is 32.0 Å². The predicted octanol–water partition coefficient (Wildman–Crippen LogP) is 4.46. The molecule has 6 nitrogen and oxygen atoms in total. The van der Waals surface area contributed by atoms with Crippen LogP contribution in [0.3, 0.4) is 0 Å². The molecule has 2 N–H and O–H groups in total. The summed E-state index contributed by atoms with van der Waals surface area (Å²) in [6.07, 6.45) is -4.54. The smallest absolute Gasteiger partial charge is 0.360 e. The minimum atomic E-state index is -4.54. The fourth-order valence-electron chi connectivity index (χ4n) is 1.95. The molecule has 0 spiro atoms. The van der Waals surface area contributed by atoms with E-state index in [1.807, 2.05) is 0 Å². The SMILES string of the molecule is Cc1cc(NC(=O)[C@H](C)SCC(=O)Nc2ccc(Br)c(C(F)(F)F)c2)no1. The summed E-state index contributed by atoms with van der Waals surface area (Å²) in [4.78, 5) is 24.0. The van der Waals surface area contributed by atoms with Crippen LogP contribution in [0.4, 0.5) is 24.7 Å². The van der Waals surface area contributed by atoms with Gasteiger partial charge in [0, 0.05) is 16.2 Å². The number of aryl methyl sites for hydroxylation is 1. The molecule has 0 saturated carbocycles. The van der Waals surface area contributed by atoms with Crippen molar-refractivity contribution >= 4 is 51.0 Å².